The van der Waals surface area contributed by atoms with Crippen LogP contribution in [0.5, 0.6) is 0 Å². The summed E-state index contributed by atoms with van der Waals surface area (Å²) in [7, 11) is 0. The summed E-state index contributed by atoms with van der Waals surface area (Å²) in [6.07, 6.45) is 7.32. The zero-order chi connectivity index (χ0) is 21.9. The van der Waals surface area contributed by atoms with Crippen molar-refractivity contribution < 1.29 is 23.9 Å². The molecule has 30 heavy (non-hydrogen) atoms. The monoisotopic (exact) mass is 416 g/mol. The second kappa shape index (κ2) is 6.93. The first-order valence-corrected chi connectivity index (χ1v) is 11.7. The van der Waals surface area contributed by atoms with Gasteiger partial charge >= 0.3 is 11.9 Å². The van der Waals surface area contributed by atoms with Crippen LogP contribution < -0.4 is 0 Å². The van der Waals surface area contributed by atoms with Crippen LogP contribution in [0.1, 0.15) is 85.5 Å². The van der Waals surface area contributed by atoms with Gasteiger partial charge in [0.15, 0.2) is 5.78 Å². The van der Waals surface area contributed by atoms with Gasteiger partial charge in [0.2, 0.25) is 0 Å². The molecule has 0 N–H and O–H groups in total. The molecule has 0 amide bonds. The lowest BCUT2D eigenvalue weighted by molar-refractivity contribution is -0.195. The largest absolute Gasteiger partial charge is 0.465 e. The number of hydrogen-bond donors (Lipinski definition) is 0. The molecule has 6 atom stereocenters. The van der Waals surface area contributed by atoms with Crippen molar-refractivity contribution in [3.05, 3.63) is 12.2 Å². The van der Waals surface area contributed by atoms with Crippen LogP contribution in [0.3, 0.4) is 0 Å². The van der Waals surface area contributed by atoms with Gasteiger partial charge in [-0.15, -0.1) is 0 Å². The summed E-state index contributed by atoms with van der Waals surface area (Å²) in [4.78, 5) is 38.5. The lowest BCUT2D eigenvalue weighted by Gasteiger charge is -2.63. The molecule has 0 saturated heterocycles. The van der Waals surface area contributed by atoms with Gasteiger partial charge < -0.3 is 9.47 Å². The Morgan fingerprint density at radius 3 is 2.47 bits per heavy atom. The van der Waals surface area contributed by atoms with Gasteiger partial charge in [-0.05, 0) is 69.1 Å². The molecule has 4 fully saturated rings. The molecule has 0 unspecified atom stereocenters. The fourth-order valence-electron chi connectivity index (χ4n) is 8.12. The van der Waals surface area contributed by atoms with Gasteiger partial charge in [0.25, 0.3) is 0 Å². The lowest BCUT2D eigenvalue weighted by atomic mass is 9.40. The predicted molar refractivity (Wildman–Crippen MR) is 112 cm³/mol. The van der Waals surface area contributed by atoms with E-state index < -0.39 is 16.4 Å². The molecule has 0 heterocycles. The molecule has 5 nitrogen and oxygen atoms in total. The Balaban J connectivity index is 1.70. The molecule has 166 valence electrons. The van der Waals surface area contributed by atoms with E-state index in [9.17, 15) is 14.4 Å². The fourth-order valence-corrected chi connectivity index (χ4v) is 8.12. The van der Waals surface area contributed by atoms with Crippen LogP contribution in [0.15, 0.2) is 12.2 Å². The van der Waals surface area contributed by atoms with Crippen LogP contribution in [-0.2, 0) is 23.9 Å². The van der Waals surface area contributed by atoms with Gasteiger partial charge in [-0.25, -0.2) is 0 Å². The van der Waals surface area contributed by atoms with Crippen molar-refractivity contribution in [2.75, 3.05) is 6.61 Å². The molecule has 4 aliphatic carbocycles. The summed E-state index contributed by atoms with van der Waals surface area (Å²) in [6, 6.07) is 0. The van der Waals surface area contributed by atoms with Crippen molar-refractivity contribution in [2.24, 2.45) is 28.1 Å². The molecule has 5 heteroatoms. The summed E-state index contributed by atoms with van der Waals surface area (Å²) in [5.74, 6) is 0.0953. The van der Waals surface area contributed by atoms with E-state index in [1.807, 2.05) is 6.92 Å². The van der Waals surface area contributed by atoms with Crippen molar-refractivity contribution in [3.8, 4) is 0 Å². The molecule has 0 aromatic carbocycles. The van der Waals surface area contributed by atoms with Gasteiger partial charge in [-0.1, -0.05) is 26.8 Å². The van der Waals surface area contributed by atoms with E-state index in [0.29, 0.717) is 25.0 Å². The normalized spacial score (nSPS) is 44.8. The Labute approximate surface area is 179 Å². The van der Waals surface area contributed by atoms with E-state index in [4.69, 9.17) is 9.47 Å². The molecule has 0 aromatic rings. The molecular formula is C25H36O5. The maximum absolute atomic E-state index is 13.6. The Morgan fingerprint density at radius 2 is 1.80 bits per heavy atom. The molecule has 0 aliphatic heterocycles. The molecule has 4 aliphatic rings. The smallest absolute Gasteiger partial charge is 0.312 e. The van der Waals surface area contributed by atoms with Crippen LogP contribution in [0.25, 0.3) is 0 Å². The Hall–Kier alpha value is -1.65. The first-order chi connectivity index (χ1) is 14.1. The van der Waals surface area contributed by atoms with Crippen LogP contribution >= 0.6 is 0 Å². The number of rotatable bonds is 4. The summed E-state index contributed by atoms with van der Waals surface area (Å²) in [5, 5.41) is 0. The van der Waals surface area contributed by atoms with E-state index in [2.05, 4.69) is 20.4 Å². The summed E-state index contributed by atoms with van der Waals surface area (Å²) in [6.45, 7) is 12.4. The molecule has 0 radical (unpaired) electrons. The maximum Gasteiger partial charge on any atom is 0.312 e. The Kier molecular flexibility index (Phi) is 4.98. The lowest BCUT2D eigenvalue weighted by Crippen LogP contribution is -2.60. The summed E-state index contributed by atoms with van der Waals surface area (Å²) in [5.41, 5.74) is -1.42. The standard InChI is InChI=1S/C25H36O5/c1-6-14-29-21(28)23(5)11-7-10-22(4)18(23)8-12-24-15-25(30-17(3)26,13-9-19(22)24)16(2)20(24)27/h18-19H,2,6-15H2,1,3-5H3/t18-,19-,22+,23+,24+,25+/m0/s1. The third-order valence-corrected chi connectivity index (χ3v) is 9.28. The van der Waals surface area contributed by atoms with Crippen LogP contribution in [0.4, 0.5) is 0 Å². The summed E-state index contributed by atoms with van der Waals surface area (Å²) < 4.78 is 11.4. The van der Waals surface area contributed by atoms with Crippen molar-refractivity contribution in [2.45, 2.75) is 91.1 Å². The van der Waals surface area contributed by atoms with E-state index in [1.54, 1.807) is 0 Å². The first kappa shape index (κ1) is 21.6. The van der Waals surface area contributed by atoms with Crippen molar-refractivity contribution in [3.63, 3.8) is 0 Å². The number of carbonyl (C=O) groups is 3. The Morgan fingerprint density at radius 1 is 1.10 bits per heavy atom. The molecule has 1 spiro atoms. The average molecular weight is 417 g/mol. The van der Waals surface area contributed by atoms with E-state index in [-0.39, 0.29) is 35.0 Å². The zero-order valence-corrected chi connectivity index (χ0v) is 19.0. The van der Waals surface area contributed by atoms with E-state index in [0.717, 1.165) is 44.9 Å². The first-order valence-electron chi connectivity index (χ1n) is 11.7. The zero-order valence-electron chi connectivity index (χ0n) is 19.0. The molecule has 4 rings (SSSR count). The number of esters is 2. The topological polar surface area (TPSA) is 69.7 Å². The highest BCUT2D eigenvalue weighted by Crippen LogP contribution is 2.72. The van der Waals surface area contributed by atoms with Gasteiger partial charge in [-0.2, -0.15) is 0 Å². The van der Waals surface area contributed by atoms with Gasteiger partial charge in [0.05, 0.1) is 12.0 Å². The number of carbonyl (C=O) groups excluding carboxylic acids is 3. The van der Waals surface area contributed by atoms with Crippen LogP contribution in [-0.4, -0.2) is 29.9 Å². The van der Waals surface area contributed by atoms with Gasteiger partial charge in [0.1, 0.15) is 5.60 Å². The number of fused-ring (bicyclic) bond motifs is 3. The third-order valence-electron chi connectivity index (χ3n) is 9.28. The number of Topliss-reactive ketones (excluding diaryl/α,β-unsaturated/α-hetero) is 1. The number of ether oxygens (including phenoxy) is 2. The van der Waals surface area contributed by atoms with Crippen molar-refractivity contribution in [1.29, 1.82) is 0 Å². The van der Waals surface area contributed by atoms with E-state index in [1.165, 1.54) is 6.92 Å². The highest BCUT2D eigenvalue weighted by molar-refractivity contribution is 6.05. The van der Waals surface area contributed by atoms with Gasteiger partial charge in [0, 0.05) is 24.3 Å². The van der Waals surface area contributed by atoms with E-state index >= 15 is 0 Å². The number of ketones is 1. The quantitative estimate of drug-likeness (QED) is 0.487. The molecule has 4 saturated carbocycles. The molecule has 0 aromatic heterocycles. The maximum atomic E-state index is 13.6. The average Bonchev–Trinajstić information content (AvgIpc) is 2.83. The fraction of sp³-hybridized carbons (Fsp3) is 0.800. The minimum absolute atomic E-state index is 0.0662. The van der Waals surface area contributed by atoms with Crippen molar-refractivity contribution in [1.82, 2.24) is 0 Å². The highest BCUT2D eigenvalue weighted by Gasteiger charge is 2.72. The number of hydrogen-bond acceptors (Lipinski definition) is 5. The SMILES string of the molecule is C=C1C(=O)[C@@]23CC[C@H]4[C@@](C)(CCC[C@@]4(C)C(=O)OCCC)[C@@H]2CC[C@@]1(OC(C)=O)C3. The third kappa shape index (κ3) is 2.69. The van der Waals surface area contributed by atoms with Gasteiger partial charge in [-0.3, -0.25) is 14.4 Å². The minimum atomic E-state index is -0.819. The van der Waals surface area contributed by atoms with Crippen LogP contribution in [0.2, 0.25) is 0 Å². The summed E-state index contributed by atoms with van der Waals surface area (Å²) >= 11 is 0. The predicted octanol–water partition coefficient (Wildman–Crippen LogP) is 4.77. The molecule has 2 bridgehead atoms. The minimum Gasteiger partial charge on any atom is -0.465 e. The van der Waals surface area contributed by atoms with Crippen LogP contribution in [0, 0.1) is 28.1 Å². The highest BCUT2D eigenvalue weighted by atomic mass is 16.6. The molecular weight excluding hydrogens is 380 g/mol. The second-order valence-electron chi connectivity index (χ2n) is 10.8. The van der Waals surface area contributed by atoms with Crippen molar-refractivity contribution >= 4 is 17.7 Å². The second-order valence-corrected chi connectivity index (χ2v) is 10.8. The Bertz CT molecular complexity index is 801.